The van der Waals surface area contributed by atoms with Gasteiger partial charge in [-0.05, 0) is 40.3 Å². The zero-order chi connectivity index (χ0) is 11.8. The van der Waals surface area contributed by atoms with Gasteiger partial charge in [0, 0.05) is 9.35 Å². The van der Waals surface area contributed by atoms with Crippen LogP contribution in [0.3, 0.4) is 0 Å². The molecule has 1 saturated carbocycles. The molecule has 0 bridgehead atoms. The van der Waals surface area contributed by atoms with Crippen LogP contribution < -0.4 is 0 Å². The molecule has 1 aliphatic rings. The molecule has 4 heteroatoms. The van der Waals surface area contributed by atoms with Crippen molar-refractivity contribution >= 4 is 50.5 Å². The van der Waals surface area contributed by atoms with Crippen LogP contribution in [0.1, 0.15) is 49.3 Å². The Hall–Kier alpha value is 0.760. The number of rotatable bonds is 2. The standard InChI is InChI=1S/C12H15BrCl2S/c1-12(5-3-2-4-6-12)10(14)9-7-8(13)11(15)16-9/h7,10H,2-6H2,1H3. The van der Waals surface area contributed by atoms with Gasteiger partial charge in [-0.3, -0.25) is 0 Å². The zero-order valence-corrected chi connectivity index (χ0v) is 13.1. The van der Waals surface area contributed by atoms with E-state index < -0.39 is 0 Å². The van der Waals surface area contributed by atoms with Crippen LogP contribution in [0.25, 0.3) is 0 Å². The molecule has 0 aromatic carbocycles. The lowest BCUT2D eigenvalue weighted by molar-refractivity contribution is 0.208. The molecule has 1 atom stereocenters. The number of hydrogen-bond acceptors (Lipinski definition) is 1. The normalized spacial score (nSPS) is 22.0. The monoisotopic (exact) mass is 340 g/mol. The Morgan fingerprint density at radius 1 is 1.38 bits per heavy atom. The molecule has 0 spiro atoms. The molecule has 0 amide bonds. The zero-order valence-electron chi connectivity index (χ0n) is 9.23. The van der Waals surface area contributed by atoms with Gasteiger partial charge in [0.2, 0.25) is 0 Å². The molecule has 0 N–H and O–H groups in total. The minimum Gasteiger partial charge on any atom is -0.126 e. The van der Waals surface area contributed by atoms with E-state index in [1.54, 1.807) is 11.3 Å². The molecule has 1 heterocycles. The van der Waals surface area contributed by atoms with E-state index in [1.165, 1.54) is 37.0 Å². The van der Waals surface area contributed by atoms with Crippen LogP contribution in [-0.2, 0) is 0 Å². The van der Waals surface area contributed by atoms with Crippen molar-refractivity contribution in [2.24, 2.45) is 5.41 Å². The van der Waals surface area contributed by atoms with Crippen LogP contribution in [0.4, 0.5) is 0 Å². The van der Waals surface area contributed by atoms with Crippen molar-refractivity contribution in [2.45, 2.75) is 44.4 Å². The van der Waals surface area contributed by atoms with Gasteiger partial charge in [-0.25, -0.2) is 0 Å². The first kappa shape index (κ1) is 13.2. The van der Waals surface area contributed by atoms with Crippen molar-refractivity contribution in [1.82, 2.24) is 0 Å². The summed E-state index contributed by atoms with van der Waals surface area (Å²) in [6, 6.07) is 2.07. The SMILES string of the molecule is CC1(C(Cl)c2cc(Br)c(Cl)s2)CCCCC1. The number of hydrogen-bond donors (Lipinski definition) is 0. The Morgan fingerprint density at radius 3 is 2.50 bits per heavy atom. The fourth-order valence-corrected chi connectivity index (χ4v) is 4.75. The predicted molar refractivity (Wildman–Crippen MR) is 76.8 cm³/mol. The molecule has 0 saturated heterocycles. The molecule has 1 fully saturated rings. The summed E-state index contributed by atoms with van der Waals surface area (Å²) >= 11 is 17.8. The molecule has 2 rings (SSSR count). The predicted octanol–water partition coefficient (Wildman–Crippen LogP) is 6.41. The molecular formula is C12H15BrCl2S. The van der Waals surface area contributed by atoms with Gasteiger partial charge in [-0.2, -0.15) is 0 Å². The quantitative estimate of drug-likeness (QED) is 0.545. The smallest absolute Gasteiger partial charge is 0.107 e. The Morgan fingerprint density at radius 2 is 2.00 bits per heavy atom. The summed E-state index contributed by atoms with van der Waals surface area (Å²) < 4.78 is 1.78. The van der Waals surface area contributed by atoms with Crippen LogP contribution in [0.15, 0.2) is 10.5 Å². The fourth-order valence-electron chi connectivity index (χ4n) is 2.44. The first-order valence-corrected chi connectivity index (χ1v) is 8.04. The lowest BCUT2D eigenvalue weighted by atomic mass is 9.73. The highest BCUT2D eigenvalue weighted by Gasteiger charge is 2.36. The summed E-state index contributed by atoms with van der Waals surface area (Å²) in [4.78, 5) is 1.20. The summed E-state index contributed by atoms with van der Waals surface area (Å²) in [5, 5.41) is 0.0987. The van der Waals surface area contributed by atoms with Crippen molar-refractivity contribution in [2.75, 3.05) is 0 Å². The van der Waals surface area contributed by atoms with Crippen molar-refractivity contribution in [3.05, 3.63) is 19.8 Å². The van der Waals surface area contributed by atoms with Gasteiger partial charge in [0.25, 0.3) is 0 Å². The van der Waals surface area contributed by atoms with Gasteiger partial charge in [0.15, 0.2) is 0 Å². The van der Waals surface area contributed by atoms with Crippen LogP contribution in [-0.4, -0.2) is 0 Å². The third kappa shape index (κ3) is 2.60. The molecule has 1 aromatic rings. The van der Waals surface area contributed by atoms with Gasteiger partial charge >= 0.3 is 0 Å². The Balaban J connectivity index is 2.20. The Bertz CT molecular complexity index is 350. The molecule has 1 unspecified atom stereocenters. The van der Waals surface area contributed by atoms with E-state index in [9.17, 15) is 0 Å². The molecular weight excluding hydrogens is 327 g/mol. The maximum absolute atomic E-state index is 6.64. The van der Waals surface area contributed by atoms with E-state index in [1.807, 2.05) is 0 Å². The second-order valence-electron chi connectivity index (χ2n) is 4.85. The molecule has 16 heavy (non-hydrogen) atoms. The van der Waals surface area contributed by atoms with Gasteiger partial charge in [-0.15, -0.1) is 22.9 Å². The van der Waals surface area contributed by atoms with Crippen molar-refractivity contribution in [3.63, 3.8) is 0 Å². The maximum atomic E-state index is 6.64. The largest absolute Gasteiger partial charge is 0.126 e. The maximum Gasteiger partial charge on any atom is 0.107 e. The van der Waals surface area contributed by atoms with Gasteiger partial charge in [0.1, 0.15) is 4.34 Å². The highest BCUT2D eigenvalue weighted by Crippen LogP contribution is 2.51. The molecule has 90 valence electrons. The van der Waals surface area contributed by atoms with Crippen LogP contribution >= 0.6 is 50.5 Å². The molecule has 1 aliphatic carbocycles. The number of halogens is 3. The van der Waals surface area contributed by atoms with Gasteiger partial charge < -0.3 is 0 Å². The van der Waals surface area contributed by atoms with E-state index in [0.717, 1.165) is 8.81 Å². The molecule has 0 aliphatic heterocycles. The summed E-state index contributed by atoms with van der Waals surface area (Å²) in [6.07, 6.45) is 6.43. The van der Waals surface area contributed by atoms with Crippen molar-refractivity contribution < 1.29 is 0 Å². The summed E-state index contributed by atoms with van der Waals surface area (Å²) in [5.41, 5.74) is 0.243. The first-order valence-electron chi connectivity index (χ1n) is 5.62. The van der Waals surface area contributed by atoms with Crippen molar-refractivity contribution in [1.29, 1.82) is 0 Å². The average Bonchev–Trinajstić information content (AvgIpc) is 2.59. The summed E-state index contributed by atoms with van der Waals surface area (Å²) in [7, 11) is 0. The highest BCUT2D eigenvalue weighted by atomic mass is 79.9. The van der Waals surface area contributed by atoms with E-state index >= 15 is 0 Å². The Labute approximate surface area is 119 Å². The first-order chi connectivity index (χ1) is 7.53. The van der Waals surface area contributed by atoms with E-state index in [-0.39, 0.29) is 10.8 Å². The third-order valence-corrected chi connectivity index (χ3v) is 6.95. The van der Waals surface area contributed by atoms with E-state index in [4.69, 9.17) is 23.2 Å². The lowest BCUT2D eigenvalue weighted by Crippen LogP contribution is -2.24. The van der Waals surface area contributed by atoms with Crippen LogP contribution in [0, 0.1) is 5.41 Å². The topological polar surface area (TPSA) is 0 Å². The lowest BCUT2D eigenvalue weighted by Gasteiger charge is -2.37. The minimum atomic E-state index is 0.0987. The molecule has 0 nitrogen and oxygen atoms in total. The van der Waals surface area contributed by atoms with Gasteiger partial charge in [0.05, 0.1) is 5.38 Å². The van der Waals surface area contributed by atoms with Crippen molar-refractivity contribution in [3.8, 4) is 0 Å². The third-order valence-electron chi connectivity index (χ3n) is 3.52. The fraction of sp³-hybridized carbons (Fsp3) is 0.667. The van der Waals surface area contributed by atoms with Gasteiger partial charge in [-0.1, -0.05) is 37.8 Å². The summed E-state index contributed by atoms with van der Waals surface area (Å²) in [5.74, 6) is 0. The Kier molecular flexibility index (Phi) is 4.27. The second-order valence-corrected chi connectivity index (χ2v) is 7.82. The van der Waals surface area contributed by atoms with E-state index in [2.05, 4.69) is 28.9 Å². The minimum absolute atomic E-state index is 0.0987. The average molecular weight is 342 g/mol. The highest BCUT2D eigenvalue weighted by molar-refractivity contribution is 9.10. The second kappa shape index (κ2) is 5.17. The van der Waals surface area contributed by atoms with Crippen LogP contribution in [0.5, 0.6) is 0 Å². The number of thiophene rings is 1. The molecule has 1 aromatic heterocycles. The number of alkyl halides is 1. The van der Waals surface area contributed by atoms with Crippen LogP contribution in [0.2, 0.25) is 4.34 Å². The summed E-state index contributed by atoms with van der Waals surface area (Å²) in [6.45, 7) is 2.31. The molecule has 0 radical (unpaired) electrons. The van der Waals surface area contributed by atoms with E-state index in [0.29, 0.717) is 0 Å².